The van der Waals surface area contributed by atoms with Crippen molar-refractivity contribution in [3.05, 3.63) is 65.2 Å². The molecule has 0 atom stereocenters. The highest BCUT2D eigenvalue weighted by Gasteiger charge is 2.15. The standard InChI is InChI=1S/C23H30N4O2/c1-3-26-11-13-27(14-12-26)17-19-7-9-21(10-8-19)25-22(28)16-24-23(29)20-6-4-5-18(2)15-20/h4-10,15H,3,11-14,16-17H2,1-2H3,(H,24,29)(H,25,28). The fourth-order valence-corrected chi connectivity index (χ4v) is 3.47. The number of anilines is 1. The fraction of sp³-hybridized carbons (Fsp3) is 0.391. The number of nitrogens with one attached hydrogen (secondary N) is 2. The molecular weight excluding hydrogens is 364 g/mol. The summed E-state index contributed by atoms with van der Waals surface area (Å²) in [7, 11) is 0. The van der Waals surface area contributed by atoms with Gasteiger partial charge in [-0.2, -0.15) is 0 Å². The van der Waals surface area contributed by atoms with E-state index in [0.29, 0.717) is 5.56 Å². The van der Waals surface area contributed by atoms with Crippen LogP contribution in [0.25, 0.3) is 0 Å². The number of likely N-dealkylation sites (N-methyl/N-ethyl adjacent to an activating group) is 1. The third kappa shape index (κ3) is 6.41. The van der Waals surface area contributed by atoms with Gasteiger partial charge in [0.1, 0.15) is 0 Å². The number of carbonyl (C=O) groups is 2. The van der Waals surface area contributed by atoms with Crippen LogP contribution in [0.1, 0.15) is 28.4 Å². The molecule has 2 N–H and O–H groups in total. The number of hydrogen-bond acceptors (Lipinski definition) is 4. The average Bonchev–Trinajstić information content (AvgIpc) is 2.74. The van der Waals surface area contributed by atoms with Gasteiger partial charge in [-0.05, 0) is 43.3 Å². The molecule has 2 aromatic rings. The first kappa shape index (κ1) is 21.0. The second kappa shape index (κ2) is 10.2. The Kier molecular flexibility index (Phi) is 7.38. The molecule has 0 unspecified atom stereocenters. The van der Waals surface area contributed by atoms with Gasteiger partial charge in [0.2, 0.25) is 5.91 Å². The van der Waals surface area contributed by atoms with E-state index in [2.05, 4.69) is 27.4 Å². The van der Waals surface area contributed by atoms with Gasteiger partial charge in [0, 0.05) is 44.0 Å². The Balaban J connectivity index is 1.43. The van der Waals surface area contributed by atoms with Crippen LogP contribution in [0.4, 0.5) is 5.69 Å². The molecule has 0 saturated carbocycles. The highest BCUT2D eigenvalue weighted by molar-refractivity contribution is 5.99. The maximum Gasteiger partial charge on any atom is 0.251 e. The molecule has 154 valence electrons. The van der Waals surface area contributed by atoms with Crippen molar-refractivity contribution in [1.29, 1.82) is 0 Å². The van der Waals surface area contributed by atoms with E-state index in [1.807, 2.05) is 43.3 Å². The summed E-state index contributed by atoms with van der Waals surface area (Å²) in [5, 5.41) is 5.49. The third-order valence-corrected chi connectivity index (χ3v) is 5.25. The minimum atomic E-state index is -0.248. The molecule has 1 aliphatic heterocycles. The number of aryl methyl sites for hydroxylation is 1. The minimum absolute atomic E-state index is 0.0593. The lowest BCUT2D eigenvalue weighted by molar-refractivity contribution is -0.115. The summed E-state index contributed by atoms with van der Waals surface area (Å²) in [5.41, 5.74) is 3.54. The van der Waals surface area contributed by atoms with E-state index in [0.717, 1.165) is 50.5 Å². The van der Waals surface area contributed by atoms with Crippen LogP contribution in [0.2, 0.25) is 0 Å². The van der Waals surface area contributed by atoms with E-state index in [9.17, 15) is 9.59 Å². The normalized spacial score (nSPS) is 15.1. The molecule has 0 spiro atoms. The molecule has 3 rings (SSSR count). The number of benzene rings is 2. The third-order valence-electron chi connectivity index (χ3n) is 5.25. The maximum atomic E-state index is 12.1. The fourth-order valence-electron chi connectivity index (χ4n) is 3.47. The molecular formula is C23H30N4O2. The Labute approximate surface area is 172 Å². The molecule has 0 bridgehead atoms. The Hall–Kier alpha value is -2.70. The predicted molar refractivity (Wildman–Crippen MR) is 116 cm³/mol. The molecule has 6 nitrogen and oxygen atoms in total. The van der Waals surface area contributed by atoms with E-state index < -0.39 is 0 Å². The van der Waals surface area contributed by atoms with Crippen LogP contribution in [-0.2, 0) is 11.3 Å². The molecule has 6 heteroatoms. The van der Waals surface area contributed by atoms with Crippen molar-refractivity contribution in [3.8, 4) is 0 Å². The van der Waals surface area contributed by atoms with Gasteiger partial charge in [-0.1, -0.05) is 36.8 Å². The van der Waals surface area contributed by atoms with Gasteiger partial charge in [0.25, 0.3) is 5.91 Å². The van der Waals surface area contributed by atoms with Crippen molar-refractivity contribution in [2.45, 2.75) is 20.4 Å². The molecule has 0 aromatic heterocycles. The molecule has 0 aliphatic carbocycles. The first-order valence-electron chi connectivity index (χ1n) is 10.2. The van der Waals surface area contributed by atoms with Crippen LogP contribution in [-0.4, -0.2) is 60.9 Å². The minimum Gasteiger partial charge on any atom is -0.343 e. The van der Waals surface area contributed by atoms with Crippen LogP contribution < -0.4 is 10.6 Å². The van der Waals surface area contributed by atoms with E-state index in [1.165, 1.54) is 5.56 Å². The van der Waals surface area contributed by atoms with Crippen molar-refractivity contribution in [3.63, 3.8) is 0 Å². The Morgan fingerprint density at radius 3 is 2.31 bits per heavy atom. The van der Waals surface area contributed by atoms with Crippen molar-refractivity contribution in [1.82, 2.24) is 15.1 Å². The van der Waals surface area contributed by atoms with Crippen LogP contribution in [0, 0.1) is 6.92 Å². The lowest BCUT2D eigenvalue weighted by Gasteiger charge is -2.34. The van der Waals surface area contributed by atoms with Gasteiger partial charge in [0.15, 0.2) is 0 Å². The van der Waals surface area contributed by atoms with Gasteiger partial charge in [-0.25, -0.2) is 0 Å². The van der Waals surface area contributed by atoms with Crippen molar-refractivity contribution in [2.24, 2.45) is 0 Å². The number of carbonyl (C=O) groups excluding carboxylic acids is 2. The smallest absolute Gasteiger partial charge is 0.251 e. The highest BCUT2D eigenvalue weighted by Crippen LogP contribution is 2.13. The Bertz CT molecular complexity index is 827. The molecule has 0 radical (unpaired) electrons. The van der Waals surface area contributed by atoms with Gasteiger partial charge in [0.05, 0.1) is 6.54 Å². The van der Waals surface area contributed by atoms with E-state index in [-0.39, 0.29) is 18.4 Å². The molecule has 1 heterocycles. The maximum absolute atomic E-state index is 12.1. The van der Waals surface area contributed by atoms with Gasteiger partial charge < -0.3 is 15.5 Å². The van der Waals surface area contributed by atoms with E-state index in [1.54, 1.807) is 12.1 Å². The summed E-state index contributed by atoms with van der Waals surface area (Å²) in [6, 6.07) is 15.2. The summed E-state index contributed by atoms with van der Waals surface area (Å²) in [5.74, 6) is -0.489. The molecule has 1 saturated heterocycles. The molecule has 1 aliphatic rings. The molecule has 2 amide bonds. The highest BCUT2D eigenvalue weighted by atomic mass is 16.2. The molecule has 29 heavy (non-hydrogen) atoms. The lowest BCUT2D eigenvalue weighted by atomic mass is 10.1. The van der Waals surface area contributed by atoms with Crippen LogP contribution in [0.15, 0.2) is 48.5 Å². The Morgan fingerprint density at radius 1 is 0.966 bits per heavy atom. The van der Waals surface area contributed by atoms with Crippen molar-refractivity contribution in [2.75, 3.05) is 44.6 Å². The molecule has 2 aromatic carbocycles. The van der Waals surface area contributed by atoms with E-state index >= 15 is 0 Å². The zero-order chi connectivity index (χ0) is 20.6. The van der Waals surface area contributed by atoms with Crippen LogP contribution in [0.5, 0.6) is 0 Å². The first-order valence-corrected chi connectivity index (χ1v) is 10.2. The number of piperazine rings is 1. The second-order valence-corrected chi connectivity index (χ2v) is 7.51. The van der Waals surface area contributed by atoms with Gasteiger partial charge in [-0.3, -0.25) is 14.5 Å². The van der Waals surface area contributed by atoms with Crippen molar-refractivity contribution >= 4 is 17.5 Å². The van der Waals surface area contributed by atoms with Crippen molar-refractivity contribution < 1.29 is 9.59 Å². The summed E-state index contributed by atoms with van der Waals surface area (Å²) < 4.78 is 0. The van der Waals surface area contributed by atoms with Crippen LogP contribution in [0.3, 0.4) is 0 Å². The van der Waals surface area contributed by atoms with Gasteiger partial charge >= 0.3 is 0 Å². The largest absolute Gasteiger partial charge is 0.343 e. The summed E-state index contributed by atoms with van der Waals surface area (Å²) >= 11 is 0. The zero-order valence-electron chi connectivity index (χ0n) is 17.3. The van der Waals surface area contributed by atoms with E-state index in [4.69, 9.17) is 0 Å². The monoisotopic (exact) mass is 394 g/mol. The quantitative estimate of drug-likeness (QED) is 0.757. The average molecular weight is 395 g/mol. The topological polar surface area (TPSA) is 64.7 Å². The summed E-state index contributed by atoms with van der Waals surface area (Å²) in [6.07, 6.45) is 0. The molecule has 1 fully saturated rings. The van der Waals surface area contributed by atoms with Gasteiger partial charge in [-0.15, -0.1) is 0 Å². The lowest BCUT2D eigenvalue weighted by Crippen LogP contribution is -2.45. The predicted octanol–water partition coefficient (Wildman–Crippen LogP) is 2.50. The first-order chi connectivity index (χ1) is 14.0. The number of amides is 2. The number of hydrogen-bond donors (Lipinski definition) is 2. The number of rotatable bonds is 7. The van der Waals surface area contributed by atoms with Crippen LogP contribution >= 0.6 is 0 Å². The second-order valence-electron chi connectivity index (χ2n) is 7.51. The SMILES string of the molecule is CCN1CCN(Cc2ccc(NC(=O)CNC(=O)c3cccc(C)c3)cc2)CC1. The Morgan fingerprint density at radius 2 is 1.66 bits per heavy atom. The number of nitrogens with zero attached hydrogens (tertiary/aromatic N) is 2. The summed E-state index contributed by atoms with van der Waals surface area (Å²) in [6.45, 7) is 10.6. The zero-order valence-corrected chi connectivity index (χ0v) is 17.3. The summed E-state index contributed by atoms with van der Waals surface area (Å²) in [4.78, 5) is 29.2.